The summed E-state index contributed by atoms with van der Waals surface area (Å²) in [6, 6.07) is 5.69. The Morgan fingerprint density at radius 1 is 1.45 bits per heavy atom. The van der Waals surface area contributed by atoms with Gasteiger partial charge in [0.15, 0.2) is 0 Å². The Hall–Kier alpha value is -1.61. The van der Waals surface area contributed by atoms with E-state index in [0.29, 0.717) is 22.1 Å². The molecule has 3 N–H and O–H groups in total. The van der Waals surface area contributed by atoms with Crippen molar-refractivity contribution in [1.82, 2.24) is 10.2 Å². The highest BCUT2D eigenvalue weighted by Gasteiger charge is 2.16. The van der Waals surface area contributed by atoms with Gasteiger partial charge in [-0.2, -0.15) is 0 Å². The first kappa shape index (κ1) is 18.4. The zero-order valence-electron chi connectivity index (χ0n) is 11.8. The molecule has 1 unspecified atom stereocenters. The predicted molar refractivity (Wildman–Crippen MR) is 84.8 cm³/mol. The van der Waals surface area contributed by atoms with Crippen LogP contribution in [0.15, 0.2) is 24.3 Å². The molecule has 0 aliphatic carbocycles. The van der Waals surface area contributed by atoms with E-state index in [0.717, 1.165) is 0 Å². The number of aromatic nitrogens is 2. The van der Waals surface area contributed by atoms with E-state index in [1.807, 2.05) is 0 Å². The molecule has 0 bridgehead atoms. The lowest BCUT2D eigenvalue weighted by Gasteiger charge is -2.08. The number of carbonyl (C=O) groups is 1. The average molecular weight is 347 g/mol. The molecule has 0 aliphatic heterocycles. The number of amides is 1. The molecule has 0 spiro atoms. The van der Waals surface area contributed by atoms with Crippen LogP contribution in [-0.2, 0) is 16.0 Å². The lowest BCUT2D eigenvalue weighted by molar-refractivity contribution is -0.118. The third-order valence-electron chi connectivity index (χ3n) is 2.68. The van der Waals surface area contributed by atoms with Crippen molar-refractivity contribution in [2.75, 3.05) is 19.0 Å². The number of nitrogens with one attached hydrogen (secondary N) is 1. The quantitative estimate of drug-likeness (QED) is 0.829. The second-order valence-corrected chi connectivity index (χ2v) is 5.38. The normalized spacial score (nSPS) is 11.6. The lowest BCUT2D eigenvalue weighted by Crippen LogP contribution is -2.39. The fraction of sp³-hybridized carbons (Fsp3) is 0.308. The van der Waals surface area contributed by atoms with Crippen molar-refractivity contribution in [3.8, 4) is 0 Å². The Balaban J connectivity index is 0.00000242. The molecule has 2 rings (SSSR count). The molecule has 1 aromatic carbocycles. The largest absolute Gasteiger partial charge is 0.383 e. The SMILES string of the molecule is COCC(N)C(=O)Nc1nnc(Cc2ccccc2F)s1.Cl. The molecule has 2 aromatic rings. The third kappa shape index (κ3) is 4.99. The maximum atomic E-state index is 13.5. The van der Waals surface area contributed by atoms with Crippen LogP contribution < -0.4 is 11.1 Å². The van der Waals surface area contributed by atoms with Crippen LogP contribution in [0.3, 0.4) is 0 Å². The first-order valence-corrected chi connectivity index (χ1v) is 7.03. The summed E-state index contributed by atoms with van der Waals surface area (Å²) in [5.74, 6) is -0.689. The molecule has 0 aliphatic rings. The minimum atomic E-state index is -0.770. The summed E-state index contributed by atoms with van der Waals surface area (Å²) in [5.41, 5.74) is 6.13. The van der Waals surface area contributed by atoms with E-state index < -0.39 is 11.9 Å². The Labute approximate surface area is 137 Å². The van der Waals surface area contributed by atoms with Gasteiger partial charge >= 0.3 is 0 Å². The first-order chi connectivity index (χ1) is 10.1. The minimum absolute atomic E-state index is 0. The molecule has 22 heavy (non-hydrogen) atoms. The number of nitrogens with two attached hydrogens (primary N) is 1. The van der Waals surface area contributed by atoms with Crippen LogP contribution in [0.2, 0.25) is 0 Å². The fourth-order valence-electron chi connectivity index (χ4n) is 1.63. The van der Waals surface area contributed by atoms with Crippen LogP contribution in [0.5, 0.6) is 0 Å². The summed E-state index contributed by atoms with van der Waals surface area (Å²) in [6.07, 6.45) is 0.324. The molecule has 1 amide bonds. The smallest absolute Gasteiger partial charge is 0.245 e. The van der Waals surface area contributed by atoms with E-state index in [1.54, 1.807) is 18.2 Å². The maximum Gasteiger partial charge on any atom is 0.245 e. The van der Waals surface area contributed by atoms with Crippen LogP contribution in [0.4, 0.5) is 9.52 Å². The van der Waals surface area contributed by atoms with Crippen molar-refractivity contribution >= 4 is 34.8 Å². The molecule has 0 radical (unpaired) electrons. The summed E-state index contributed by atoms with van der Waals surface area (Å²) < 4.78 is 18.3. The number of anilines is 1. The lowest BCUT2D eigenvalue weighted by atomic mass is 10.1. The molecular formula is C13H16ClFN4O2S. The molecule has 120 valence electrons. The summed E-state index contributed by atoms with van der Waals surface area (Å²) in [6.45, 7) is 0.118. The maximum absolute atomic E-state index is 13.5. The zero-order valence-corrected chi connectivity index (χ0v) is 13.4. The van der Waals surface area contributed by atoms with Crippen molar-refractivity contribution in [1.29, 1.82) is 0 Å². The highest BCUT2D eigenvalue weighted by Crippen LogP contribution is 2.19. The van der Waals surface area contributed by atoms with Gasteiger partial charge in [-0.1, -0.05) is 29.5 Å². The first-order valence-electron chi connectivity index (χ1n) is 6.21. The molecule has 6 nitrogen and oxygen atoms in total. The number of methoxy groups -OCH3 is 1. The Morgan fingerprint density at radius 2 is 2.18 bits per heavy atom. The molecule has 0 fully saturated rings. The van der Waals surface area contributed by atoms with Crippen LogP contribution >= 0.6 is 23.7 Å². The van der Waals surface area contributed by atoms with Crippen molar-refractivity contribution in [3.05, 3.63) is 40.7 Å². The van der Waals surface area contributed by atoms with Crippen LogP contribution in [0.1, 0.15) is 10.6 Å². The Kier molecular flexibility index (Phi) is 7.33. The van der Waals surface area contributed by atoms with E-state index in [9.17, 15) is 9.18 Å². The van der Waals surface area contributed by atoms with Gasteiger partial charge in [0, 0.05) is 13.5 Å². The van der Waals surface area contributed by atoms with Gasteiger partial charge in [0.2, 0.25) is 11.0 Å². The summed E-state index contributed by atoms with van der Waals surface area (Å²) >= 11 is 1.18. The van der Waals surface area contributed by atoms with Crippen molar-refractivity contribution in [2.45, 2.75) is 12.5 Å². The monoisotopic (exact) mass is 346 g/mol. The van der Waals surface area contributed by atoms with Gasteiger partial charge in [-0.05, 0) is 11.6 Å². The number of carbonyl (C=O) groups excluding carboxylic acids is 1. The second-order valence-electron chi connectivity index (χ2n) is 4.32. The molecular weight excluding hydrogens is 331 g/mol. The Morgan fingerprint density at radius 3 is 2.86 bits per heavy atom. The van der Waals surface area contributed by atoms with Gasteiger partial charge < -0.3 is 10.5 Å². The van der Waals surface area contributed by atoms with Gasteiger partial charge in [0.25, 0.3) is 0 Å². The number of ether oxygens (including phenoxy) is 1. The molecule has 1 heterocycles. The predicted octanol–water partition coefficient (Wildman–Crippen LogP) is 1.60. The number of hydrogen-bond acceptors (Lipinski definition) is 6. The van der Waals surface area contributed by atoms with Gasteiger partial charge in [-0.25, -0.2) is 4.39 Å². The molecule has 0 saturated carbocycles. The molecule has 1 atom stereocenters. The Bertz CT molecular complexity index is 626. The van der Waals surface area contributed by atoms with E-state index in [4.69, 9.17) is 10.5 Å². The second kappa shape index (κ2) is 8.74. The number of benzene rings is 1. The van der Waals surface area contributed by atoms with Gasteiger partial charge in [0.05, 0.1) is 6.61 Å². The van der Waals surface area contributed by atoms with E-state index >= 15 is 0 Å². The van der Waals surface area contributed by atoms with Crippen LogP contribution in [0, 0.1) is 5.82 Å². The number of halogens is 2. The van der Waals surface area contributed by atoms with Crippen LogP contribution in [0.25, 0.3) is 0 Å². The highest BCUT2D eigenvalue weighted by molar-refractivity contribution is 7.15. The standard InChI is InChI=1S/C13H15FN4O2S.ClH/c1-20-7-10(15)12(19)16-13-18-17-11(21-13)6-8-4-2-3-5-9(8)14;/h2-5,10H,6-7,15H2,1H3,(H,16,18,19);1H. The summed E-state index contributed by atoms with van der Waals surface area (Å²) in [5, 5.41) is 11.3. The minimum Gasteiger partial charge on any atom is -0.383 e. The summed E-state index contributed by atoms with van der Waals surface area (Å²) in [7, 11) is 1.46. The topological polar surface area (TPSA) is 90.1 Å². The molecule has 9 heteroatoms. The average Bonchev–Trinajstić information content (AvgIpc) is 2.89. The van der Waals surface area contributed by atoms with E-state index in [-0.39, 0.29) is 24.8 Å². The van der Waals surface area contributed by atoms with E-state index in [1.165, 1.54) is 24.5 Å². The third-order valence-corrected chi connectivity index (χ3v) is 3.52. The number of nitrogens with zero attached hydrogens (tertiary/aromatic N) is 2. The van der Waals surface area contributed by atoms with Crippen LogP contribution in [-0.4, -0.2) is 35.9 Å². The highest BCUT2D eigenvalue weighted by atomic mass is 35.5. The molecule has 1 aromatic heterocycles. The zero-order chi connectivity index (χ0) is 15.2. The van der Waals surface area contributed by atoms with Crippen molar-refractivity contribution < 1.29 is 13.9 Å². The number of hydrogen-bond donors (Lipinski definition) is 2. The van der Waals surface area contributed by atoms with Gasteiger partial charge in [-0.15, -0.1) is 22.6 Å². The van der Waals surface area contributed by atoms with Gasteiger partial charge in [0.1, 0.15) is 16.9 Å². The van der Waals surface area contributed by atoms with Gasteiger partial charge in [-0.3, -0.25) is 10.1 Å². The number of rotatable bonds is 6. The van der Waals surface area contributed by atoms with E-state index in [2.05, 4.69) is 15.5 Å². The summed E-state index contributed by atoms with van der Waals surface area (Å²) in [4.78, 5) is 11.7. The fourth-order valence-corrected chi connectivity index (χ4v) is 2.40. The molecule has 0 saturated heterocycles. The van der Waals surface area contributed by atoms with Crippen molar-refractivity contribution in [2.24, 2.45) is 5.73 Å². The van der Waals surface area contributed by atoms with Crippen molar-refractivity contribution in [3.63, 3.8) is 0 Å².